The standard InChI is InChI=1S/C7H8N2O8/c10-2-8-16-5(12)1-4(6(13)14)7(15)17-9-3-11/h2-4H,1H2,(H,8,10)(H,9,11)(H,13,14). The first-order chi connectivity index (χ1) is 8.02. The highest BCUT2D eigenvalue weighted by Crippen LogP contribution is 2.06. The molecule has 0 bridgehead atoms. The summed E-state index contributed by atoms with van der Waals surface area (Å²) in [6.07, 6.45) is -0.821. The molecule has 0 aromatic heterocycles. The van der Waals surface area contributed by atoms with Crippen LogP contribution in [0.15, 0.2) is 0 Å². The lowest BCUT2D eigenvalue weighted by molar-refractivity contribution is -0.170. The average Bonchev–Trinajstić information content (AvgIpc) is 2.29. The van der Waals surface area contributed by atoms with E-state index in [-0.39, 0.29) is 12.8 Å². The smallest absolute Gasteiger partial charge is 0.347 e. The van der Waals surface area contributed by atoms with Gasteiger partial charge in [-0.1, -0.05) is 0 Å². The Balaban J connectivity index is 4.37. The summed E-state index contributed by atoms with van der Waals surface area (Å²) in [6, 6.07) is 0. The third kappa shape index (κ3) is 5.71. The van der Waals surface area contributed by atoms with Crippen LogP contribution in [0.4, 0.5) is 0 Å². The molecule has 0 aliphatic rings. The average molecular weight is 248 g/mol. The van der Waals surface area contributed by atoms with Crippen molar-refractivity contribution in [3.8, 4) is 0 Å². The maximum absolute atomic E-state index is 11.0. The molecule has 0 aromatic rings. The molecule has 1 unspecified atom stereocenters. The number of aliphatic carboxylic acids is 1. The Morgan fingerprint density at radius 1 is 1.12 bits per heavy atom. The molecule has 1 atom stereocenters. The van der Waals surface area contributed by atoms with Crippen LogP contribution in [0.1, 0.15) is 6.42 Å². The van der Waals surface area contributed by atoms with E-state index < -0.39 is 30.2 Å². The second-order valence-electron chi connectivity index (χ2n) is 2.46. The van der Waals surface area contributed by atoms with Gasteiger partial charge in [-0.15, -0.1) is 0 Å². The number of hydroxylamine groups is 2. The van der Waals surface area contributed by atoms with Crippen LogP contribution in [-0.4, -0.2) is 35.8 Å². The van der Waals surface area contributed by atoms with E-state index in [4.69, 9.17) is 5.11 Å². The minimum absolute atomic E-state index is 0.00305. The van der Waals surface area contributed by atoms with Gasteiger partial charge in [0.25, 0.3) is 0 Å². The van der Waals surface area contributed by atoms with Gasteiger partial charge in [-0.2, -0.15) is 11.0 Å². The lowest BCUT2D eigenvalue weighted by Crippen LogP contribution is -2.33. The molecule has 0 saturated carbocycles. The molecular formula is C7H8N2O8. The summed E-state index contributed by atoms with van der Waals surface area (Å²) in [7, 11) is 0. The molecule has 0 fully saturated rings. The number of carbonyl (C=O) groups excluding carboxylic acids is 4. The Hall–Kier alpha value is -2.65. The first-order valence-corrected chi connectivity index (χ1v) is 4.04. The number of hydrogen-bond donors (Lipinski definition) is 3. The zero-order chi connectivity index (χ0) is 13.3. The number of carboxylic acids is 1. The van der Waals surface area contributed by atoms with Gasteiger partial charge in [-0.3, -0.25) is 14.4 Å². The summed E-state index contributed by atoms with van der Waals surface area (Å²) < 4.78 is 0. The van der Waals surface area contributed by atoms with Crippen molar-refractivity contribution in [2.24, 2.45) is 5.92 Å². The Bertz CT molecular complexity index is 328. The zero-order valence-electron chi connectivity index (χ0n) is 8.24. The summed E-state index contributed by atoms with van der Waals surface area (Å²) in [5.74, 6) is -6.02. The number of hydrogen-bond acceptors (Lipinski definition) is 7. The van der Waals surface area contributed by atoms with Crippen molar-refractivity contribution in [2.45, 2.75) is 6.42 Å². The van der Waals surface area contributed by atoms with E-state index in [0.717, 1.165) is 0 Å². The van der Waals surface area contributed by atoms with Crippen LogP contribution < -0.4 is 11.0 Å². The highest BCUT2D eigenvalue weighted by Gasteiger charge is 2.32. The van der Waals surface area contributed by atoms with Crippen LogP contribution >= 0.6 is 0 Å². The molecule has 0 heterocycles. The predicted molar refractivity (Wildman–Crippen MR) is 46.3 cm³/mol. The summed E-state index contributed by atoms with van der Waals surface area (Å²) >= 11 is 0. The monoisotopic (exact) mass is 248 g/mol. The summed E-state index contributed by atoms with van der Waals surface area (Å²) in [4.78, 5) is 60.1. The van der Waals surface area contributed by atoms with E-state index in [9.17, 15) is 24.0 Å². The lowest BCUT2D eigenvalue weighted by Gasteiger charge is -2.09. The minimum atomic E-state index is -1.86. The Morgan fingerprint density at radius 3 is 2.12 bits per heavy atom. The van der Waals surface area contributed by atoms with Gasteiger partial charge < -0.3 is 14.8 Å². The second kappa shape index (κ2) is 7.62. The normalized spacial score (nSPS) is 10.6. The third-order valence-corrected chi connectivity index (χ3v) is 1.38. The van der Waals surface area contributed by atoms with E-state index >= 15 is 0 Å². The number of amides is 2. The number of carboxylic acid groups (broad SMARTS) is 1. The topological polar surface area (TPSA) is 148 Å². The highest BCUT2D eigenvalue weighted by molar-refractivity contribution is 5.97. The van der Waals surface area contributed by atoms with Crippen molar-refractivity contribution in [1.82, 2.24) is 11.0 Å². The van der Waals surface area contributed by atoms with Crippen LogP contribution in [0.3, 0.4) is 0 Å². The van der Waals surface area contributed by atoms with E-state index in [1.165, 1.54) is 11.0 Å². The van der Waals surface area contributed by atoms with Gasteiger partial charge >= 0.3 is 17.9 Å². The fourth-order valence-electron chi connectivity index (χ4n) is 0.723. The summed E-state index contributed by atoms with van der Waals surface area (Å²) in [6.45, 7) is 0. The fourth-order valence-corrected chi connectivity index (χ4v) is 0.723. The van der Waals surface area contributed by atoms with Crippen LogP contribution in [-0.2, 0) is 33.6 Å². The largest absolute Gasteiger partial charge is 0.481 e. The number of nitrogens with one attached hydrogen (secondary N) is 2. The second-order valence-corrected chi connectivity index (χ2v) is 2.46. The van der Waals surface area contributed by atoms with Gasteiger partial charge in [0.05, 0.1) is 6.42 Å². The zero-order valence-corrected chi connectivity index (χ0v) is 8.24. The van der Waals surface area contributed by atoms with Crippen molar-refractivity contribution in [3.63, 3.8) is 0 Å². The predicted octanol–water partition coefficient (Wildman–Crippen LogP) is -2.51. The molecule has 10 heteroatoms. The summed E-state index contributed by atoms with van der Waals surface area (Å²) in [5.41, 5.74) is 3.01. The maximum Gasteiger partial charge on any atom is 0.347 e. The number of rotatable bonds is 8. The molecule has 0 radical (unpaired) electrons. The summed E-state index contributed by atoms with van der Waals surface area (Å²) in [5, 5.41) is 8.60. The molecule has 94 valence electrons. The van der Waals surface area contributed by atoms with Crippen LogP contribution in [0.5, 0.6) is 0 Å². The highest BCUT2D eigenvalue weighted by atomic mass is 16.7. The van der Waals surface area contributed by atoms with Crippen molar-refractivity contribution in [2.75, 3.05) is 0 Å². The Kier molecular flexibility index (Phi) is 6.43. The molecule has 0 spiro atoms. The van der Waals surface area contributed by atoms with Gasteiger partial charge in [-0.05, 0) is 0 Å². The van der Waals surface area contributed by atoms with Gasteiger partial charge in [0.2, 0.25) is 12.8 Å². The third-order valence-electron chi connectivity index (χ3n) is 1.38. The lowest BCUT2D eigenvalue weighted by atomic mass is 10.1. The minimum Gasteiger partial charge on any atom is -0.481 e. The van der Waals surface area contributed by atoms with E-state index in [0.29, 0.717) is 0 Å². The molecule has 0 saturated heterocycles. The SMILES string of the molecule is O=CNOC(=O)CC(C(=O)O)C(=O)ONC=O. The fraction of sp³-hybridized carbons (Fsp3) is 0.286. The molecule has 0 aliphatic heterocycles. The first kappa shape index (κ1) is 14.3. The molecule has 0 aromatic carbocycles. The van der Waals surface area contributed by atoms with Gasteiger partial charge in [0.15, 0.2) is 5.92 Å². The molecule has 10 nitrogen and oxygen atoms in total. The van der Waals surface area contributed by atoms with Crippen molar-refractivity contribution in [1.29, 1.82) is 0 Å². The first-order valence-electron chi connectivity index (χ1n) is 4.04. The molecule has 0 rings (SSSR count). The Labute approximate surface area is 93.8 Å². The van der Waals surface area contributed by atoms with E-state index in [2.05, 4.69) is 9.68 Å². The molecule has 0 aliphatic carbocycles. The van der Waals surface area contributed by atoms with E-state index in [1.54, 1.807) is 0 Å². The molecular weight excluding hydrogens is 240 g/mol. The van der Waals surface area contributed by atoms with E-state index in [1.807, 2.05) is 0 Å². The molecule has 3 N–H and O–H groups in total. The molecule has 2 amide bonds. The van der Waals surface area contributed by atoms with Crippen molar-refractivity contribution >= 4 is 30.7 Å². The Morgan fingerprint density at radius 2 is 1.65 bits per heavy atom. The van der Waals surface area contributed by atoms with Crippen LogP contribution in [0.25, 0.3) is 0 Å². The van der Waals surface area contributed by atoms with Crippen LogP contribution in [0, 0.1) is 5.92 Å². The van der Waals surface area contributed by atoms with Crippen molar-refractivity contribution < 1.29 is 38.8 Å². The number of carbonyl (C=O) groups is 5. The van der Waals surface area contributed by atoms with Gasteiger partial charge in [0, 0.05) is 0 Å². The maximum atomic E-state index is 11.0. The van der Waals surface area contributed by atoms with Crippen molar-refractivity contribution in [3.05, 3.63) is 0 Å². The quantitative estimate of drug-likeness (QED) is 0.242. The molecule has 17 heavy (non-hydrogen) atoms. The van der Waals surface area contributed by atoms with Gasteiger partial charge in [-0.25, -0.2) is 9.59 Å². The van der Waals surface area contributed by atoms with Crippen LogP contribution in [0.2, 0.25) is 0 Å². The van der Waals surface area contributed by atoms with Gasteiger partial charge in [0.1, 0.15) is 0 Å².